The van der Waals surface area contributed by atoms with Gasteiger partial charge in [-0.2, -0.15) is 0 Å². The van der Waals surface area contributed by atoms with Crippen molar-refractivity contribution in [3.05, 3.63) is 70.9 Å². The fourth-order valence-corrected chi connectivity index (χ4v) is 3.14. The zero-order chi connectivity index (χ0) is 21.1. The van der Waals surface area contributed by atoms with Crippen molar-refractivity contribution in [2.24, 2.45) is 0 Å². The maximum atomic E-state index is 12.6. The number of hydrogen-bond donors (Lipinski definition) is 2. The first-order valence-electron chi connectivity index (χ1n) is 9.49. The second-order valence-electron chi connectivity index (χ2n) is 6.84. The molecule has 0 atom stereocenters. The fourth-order valence-electron chi connectivity index (χ4n) is 3.14. The van der Waals surface area contributed by atoms with Crippen LogP contribution in [-0.2, 0) is 13.2 Å². The van der Waals surface area contributed by atoms with Crippen LogP contribution < -0.4 is 14.8 Å². The van der Waals surface area contributed by atoms with Crippen LogP contribution in [-0.4, -0.2) is 28.1 Å². The molecule has 0 unspecified atom stereocenters. The van der Waals surface area contributed by atoms with Gasteiger partial charge in [0.05, 0.1) is 35.9 Å². The number of aromatic amines is 1. The zero-order valence-corrected chi connectivity index (χ0v) is 17.0. The van der Waals surface area contributed by atoms with Gasteiger partial charge in [0.25, 0.3) is 5.91 Å². The second kappa shape index (κ2) is 8.28. The molecule has 154 valence electrons. The van der Waals surface area contributed by atoms with E-state index in [0.29, 0.717) is 41.8 Å². The number of para-hydroxylation sites is 2. The van der Waals surface area contributed by atoms with Gasteiger partial charge >= 0.3 is 0 Å². The minimum Gasteiger partial charge on any atom is -0.493 e. The maximum Gasteiger partial charge on any atom is 0.251 e. The molecule has 8 heteroatoms. The molecule has 0 radical (unpaired) electrons. The molecule has 8 nitrogen and oxygen atoms in total. The number of ether oxygens (including phenoxy) is 2. The Morgan fingerprint density at radius 3 is 2.73 bits per heavy atom. The molecule has 0 saturated carbocycles. The van der Waals surface area contributed by atoms with Gasteiger partial charge in [-0.05, 0) is 44.2 Å². The summed E-state index contributed by atoms with van der Waals surface area (Å²) in [6.45, 7) is 4.29. The van der Waals surface area contributed by atoms with E-state index < -0.39 is 0 Å². The van der Waals surface area contributed by atoms with Crippen LogP contribution in [0.1, 0.15) is 33.2 Å². The Hall–Kier alpha value is -3.81. The Bertz CT molecular complexity index is 1140. The Morgan fingerprint density at radius 2 is 2.00 bits per heavy atom. The summed E-state index contributed by atoms with van der Waals surface area (Å²) in [5.41, 5.74) is 3.94. The molecular formula is C22H22N4O4. The third-order valence-corrected chi connectivity index (χ3v) is 4.83. The van der Waals surface area contributed by atoms with Crippen LogP contribution in [0.25, 0.3) is 11.0 Å². The lowest BCUT2D eigenvalue weighted by atomic mass is 10.2. The van der Waals surface area contributed by atoms with Crippen LogP contribution in [0, 0.1) is 13.8 Å². The highest BCUT2D eigenvalue weighted by atomic mass is 16.5. The number of imidazole rings is 1. The Morgan fingerprint density at radius 1 is 1.17 bits per heavy atom. The molecule has 0 aliphatic heterocycles. The summed E-state index contributed by atoms with van der Waals surface area (Å²) in [5.74, 6) is 2.18. The average Bonchev–Trinajstić information content (AvgIpc) is 3.32. The quantitative estimate of drug-likeness (QED) is 0.485. The molecular weight excluding hydrogens is 384 g/mol. The number of amides is 1. The van der Waals surface area contributed by atoms with E-state index in [0.717, 1.165) is 22.3 Å². The first-order valence-corrected chi connectivity index (χ1v) is 9.49. The van der Waals surface area contributed by atoms with Gasteiger partial charge in [-0.3, -0.25) is 4.79 Å². The maximum absolute atomic E-state index is 12.6. The second-order valence-corrected chi connectivity index (χ2v) is 6.84. The lowest BCUT2D eigenvalue weighted by Crippen LogP contribution is -2.23. The van der Waals surface area contributed by atoms with Crippen LogP contribution in [0.2, 0.25) is 0 Å². The number of nitrogens with zero attached hydrogens (tertiary/aromatic N) is 2. The average molecular weight is 406 g/mol. The number of hydrogen-bond acceptors (Lipinski definition) is 6. The molecule has 2 heterocycles. The predicted octanol–water partition coefficient (Wildman–Crippen LogP) is 3.69. The van der Waals surface area contributed by atoms with Gasteiger partial charge in [0.1, 0.15) is 18.2 Å². The van der Waals surface area contributed by atoms with Gasteiger partial charge in [0, 0.05) is 5.56 Å². The summed E-state index contributed by atoms with van der Waals surface area (Å²) in [4.78, 5) is 20.2. The Kier molecular flexibility index (Phi) is 5.38. The number of aryl methyl sites for hydroxylation is 2. The molecule has 2 aromatic carbocycles. The van der Waals surface area contributed by atoms with Gasteiger partial charge < -0.3 is 24.3 Å². The molecule has 4 aromatic rings. The van der Waals surface area contributed by atoms with Gasteiger partial charge in [0.15, 0.2) is 11.5 Å². The van der Waals surface area contributed by atoms with E-state index in [1.165, 1.54) is 7.11 Å². The van der Waals surface area contributed by atoms with Crippen molar-refractivity contribution in [2.45, 2.75) is 27.0 Å². The highest BCUT2D eigenvalue weighted by molar-refractivity contribution is 5.94. The van der Waals surface area contributed by atoms with Crippen molar-refractivity contribution in [1.82, 2.24) is 20.4 Å². The van der Waals surface area contributed by atoms with Crippen LogP contribution in [0.5, 0.6) is 11.5 Å². The highest BCUT2D eigenvalue weighted by Crippen LogP contribution is 2.29. The van der Waals surface area contributed by atoms with Gasteiger partial charge in [0.2, 0.25) is 0 Å². The van der Waals surface area contributed by atoms with Crippen molar-refractivity contribution >= 4 is 16.9 Å². The zero-order valence-electron chi connectivity index (χ0n) is 17.0. The van der Waals surface area contributed by atoms with Crippen LogP contribution in [0.4, 0.5) is 0 Å². The van der Waals surface area contributed by atoms with Gasteiger partial charge in [-0.15, -0.1) is 0 Å². The number of methoxy groups -OCH3 is 1. The molecule has 0 aliphatic carbocycles. The van der Waals surface area contributed by atoms with E-state index in [1.54, 1.807) is 18.2 Å². The third kappa shape index (κ3) is 3.98. The number of aromatic nitrogens is 3. The van der Waals surface area contributed by atoms with Crippen molar-refractivity contribution in [3.63, 3.8) is 0 Å². The number of carbonyl (C=O) groups excluding carboxylic acids is 1. The van der Waals surface area contributed by atoms with Crippen molar-refractivity contribution in [3.8, 4) is 11.5 Å². The SMILES string of the molecule is COc1cc(C(=O)NCc2nc3ccccc3[nH]2)ccc1OCc1c(C)noc1C. The van der Waals surface area contributed by atoms with Gasteiger partial charge in [-0.25, -0.2) is 4.98 Å². The molecule has 1 amide bonds. The summed E-state index contributed by atoms with van der Waals surface area (Å²) < 4.78 is 16.4. The van der Waals surface area contributed by atoms with Gasteiger partial charge in [-0.1, -0.05) is 17.3 Å². The Labute approximate surface area is 173 Å². The minimum atomic E-state index is -0.231. The monoisotopic (exact) mass is 406 g/mol. The van der Waals surface area contributed by atoms with E-state index in [1.807, 2.05) is 38.1 Å². The topological polar surface area (TPSA) is 102 Å². The fraction of sp³-hybridized carbons (Fsp3) is 0.227. The molecule has 0 aliphatic rings. The highest BCUT2D eigenvalue weighted by Gasteiger charge is 2.14. The first kappa shape index (κ1) is 19.5. The third-order valence-electron chi connectivity index (χ3n) is 4.83. The molecule has 0 bridgehead atoms. The number of benzene rings is 2. The Balaban J connectivity index is 1.42. The predicted molar refractivity (Wildman–Crippen MR) is 111 cm³/mol. The minimum absolute atomic E-state index is 0.231. The lowest BCUT2D eigenvalue weighted by Gasteiger charge is -2.12. The molecule has 0 saturated heterocycles. The normalized spacial score (nSPS) is 10.9. The standard InChI is InChI=1S/C22H22N4O4/c1-13-16(14(2)30-26-13)12-29-19-9-8-15(10-20(19)28-3)22(27)23-11-21-24-17-6-4-5-7-18(17)25-21/h4-10H,11-12H2,1-3H3,(H,23,27)(H,24,25). The first-order chi connectivity index (χ1) is 14.5. The summed E-state index contributed by atoms with van der Waals surface area (Å²) in [6.07, 6.45) is 0. The van der Waals surface area contributed by atoms with Crippen molar-refractivity contribution in [1.29, 1.82) is 0 Å². The summed E-state index contributed by atoms with van der Waals surface area (Å²) in [5, 5.41) is 6.79. The van der Waals surface area contributed by atoms with Crippen LogP contribution >= 0.6 is 0 Å². The molecule has 2 aromatic heterocycles. The molecule has 2 N–H and O–H groups in total. The van der Waals surface area contributed by atoms with Crippen LogP contribution in [0.3, 0.4) is 0 Å². The summed E-state index contributed by atoms with van der Waals surface area (Å²) in [7, 11) is 1.54. The van der Waals surface area contributed by atoms with Crippen molar-refractivity contribution < 1.29 is 18.8 Å². The van der Waals surface area contributed by atoms with E-state index >= 15 is 0 Å². The van der Waals surface area contributed by atoms with E-state index in [2.05, 4.69) is 20.4 Å². The number of fused-ring (bicyclic) bond motifs is 1. The molecule has 0 fully saturated rings. The van der Waals surface area contributed by atoms with E-state index in [-0.39, 0.29) is 5.91 Å². The largest absolute Gasteiger partial charge is 0.493 e. The number of nitrogens with one attached hydrogen (secondary N) is 2. The van der Waals surface area contributed by atoms with E-state index in [9.17, 15) is 4.79 Å². The van der Waals surface area contributed by atoms with Crippen molar-refractivity contribution in [2.75, 3.05) is 7.11 Å². The molecule has 4 rings (SSSR count). The van der Waals surface area contributed by atoms with Crippen LogP contribution in [0.15, 0.2) is 47.0 Å². The lowest BCUT2D eigenvalue weighted by molar-refractivity contribution is 0.0949. The number of carbonyl (C=O) groups is 1. The summed E-state index contributed by atoms with van der Waals surface area (Å²) in [6, 6.07) is 12.8. The summed E-state index contributed by atoms with van der Waals surface area (Å²) >= 11 is 0. The molecule has 0 spiro atoms. The smallest absolute Gasteiger partial charge is 0.251 e. The number of rotatable bonds is 7. The number of H-pyrrole nitrogens is 1. The molecule has 30 heavy (non-hydrogen) atoms. The van der Waals surface area contributed by atoms with E-state index in [4.69, 9.17) is 14.0 Å².